The number of fused-ring (bicyclic) bond motifs is 1. The molecule has 250 valence electrons. The number of hydrogen-bond donors (Lipinski definition) is 2. The van der Waals surface area contributed by atoms with Gasteiger partial charge in [-0.1, -0.05) is 11.6 Å². The van der Waals surface area contributed by atoms with E-state index in [-0.39, 0.29) is 12.6 Å². The highest BCUT2D eigenvalue weighted by atomic mass is 19.4. The molecule has 2 N–H and O–H groups in total. The van der Waals surface area contributed by atoms with Gasteiger partial charge in [-0.2, -0.15) is 26.3 Å². The first-order valence-corrected chi connectivity index (χ1v) is 15.1. The Morgan fingerprint density at radius 2 is 1.72 bits per heavy atom. The largest absolute Gasteiger partial charge is 0.416 e. The number of allylic oxidation sites excluding steroid dienone is 1. The molecule has 46 heavy (non-hydrogen) atoms. The first kappa shape index (κ1) is 33.6. The molecule has 0 saturated carbocycles. The van der Waals surface area contributed by atoms with Gasteiger partial charge in [0.2, 0.25) is 0 Å². The minimum atomic E-state index is -5.06. The molecule has 2 aliphatic heterocycles. The number of aryl methyl sites for hydroxylation is 1. The van der Waals surface area contributed by atoms with E-state index in [1.165, 1.54) is 4.90 Å². The highest BCUT2D eigenvalue weighted by molar-refractivity contribution is 5.95. The van der Waals surface area contributed by atoms with Crippen molar-refractivity contribution in [2.75, 3.05) is 59.1 Å². The maximum absolute atomic E-state index is 13.8. The van der Waals surface area contributed by atoms with Crippen molar-refractivity contribution < 1.29 is 40.7 Å². The first-order chi connectivity index (χ1) is 21.8. The van der Waals surface area contributed by atoms with Crippen molar-refractivity contribution in [1.29, 1.82) is 0 Å². The van der Waals surface area contributed by atoms with E-state index in [4.69, 9.17) is 9.57 Å². The molecule has 14 heteroatoms. The number of nitrogens with one attached hydrogen (secondary N) is 2. The third-order valence-electron chi connectivity index (χ3n) is 8.21. The third kappa shape index (κ3) is 8.34. The third-order valence-corrected chi connectivity index (χ3v) is 8.21. The topological polar surface area (TPSA) is 73.1 Å². The predicted octanol–water partition coefficient (Wildman–Crippen LogP) is 5.60. The van der Waals surface area contributed by atoms with Gasteiger partial charge in [-0.3, -0.25) is 20.0 Å². The number of halogens is 6. The van der Waals surface area contributed by atoms with Gasteiger partial charge in [-0.05, 0) is 56.2 Å². The number of hydroxylamine groups is 1. The van der Waals surface area contributed by atoms with E-state index in [2.05, 4.69) is 15.4 Å². The summed E-state index contributed by atoms with van der Waals surface area (Å²) in [6.45, 7) is 8.73. The smallest absolute Gasteiger partial charge is 0.379 e. The molecular weight excluding hydrogens is 616 g/mol. The second-order valence-corrected chi connectivity index (χ2v) is 11.7. The Labute approximate surface area is 262 Å². The highest BCUT2D eigenvalue weighted by Crippen LogP contribution is 2.37. The normalized spacial score (nSPS) is 18.8. The van der Waals surface area contributed by atoms with E-state index >= 15 is 0 Å². The van der Waals surface area contributed by atoms with Crippen molar-refractivity contribution in [3.05, 3.63) is 82.3 Å². The Hall–Kier alpha value is -3.75. The molecule has 0 spiro atoms. The maximum atomic E-state index is 13.8. The number of ether oxygens (including phenoxy) is 1. The molecule has 3 heterocycles. The minimum Gasteiger partial charge on any atom is -0.379 e. The molecule has 0 radical (unpaired) electrons. The molecule has 1 aromatic heterocycles. The van der Waals surface area contributed by atoms with Crippen LogP contribution in [0.5, 0.6) is 0 Å². The van der Waals surface area contributed by atoms with Crippen LogP contribution in [0.2, 0.25) is 0 Å². The van der Waals surface area contributed by atoms with E-state index in [1.54, 1.807) is 0 Å². The number of alkyl halides is 6. The van der Waals surface area contributed by atoms with Gasteiger partial charge in [0.25, 0.3) is 5.91 Å². The lowest BCUT2D eigenvalue weighted by Crippen LogP contribution is -2.54. The average molecular weight is 654 g/mol. The van der Waals surface area contributed by atoms with Gasteiger partial charge in [0.1, 0.15) is 0 Å². The van der Waals surface area contributed by atoms with Crippen LogP contribution < -0.4 is 5.48 Å². The van der Waals surface area contributed by atoms with Crippen LogP contribution in [0.15, 0.2) is 54.5 Å². The number of H-pyrrole nitrogens is 1. The van der Waals surface area contributed by atoms with Gasteiger partial charge in [0, 0.05) is 68.1 Å². The average Bonchev–Trinajstić information content (AvgIpc) is 3.40. The number of nitrogens with zero attached hydrogens (tertiary/aromatic N) is 3. The molecule has 1 unspecified atom stereocenters. The zero-order chi connectivity index (χ0) is 33.1. The lowest BCUT2D eigenvalue weighted by atomic mass is 9.98. The lowest BCUT2D eigenvalue weighted by molar-refractivity contribution is -0.143. The molecule has 1 amide bonds. The van der Waals surface area contributed by atoms with Crippen LogP contribution in [0.1, 0.15) is 39.5 Å². The van der Waals surface area contributed by atoms with Gasteiger partial charge in [0.05, 0.1) is 42.7 Å². The molecule has 2 aromatic carbocycles. The number of morpholine rings is 1. The van der Waals surface area contributed by atoms with E-state index in [1.807, 2.05) is 49.3 Å². The van der Waals surface area contributed by atoms with Crippen LogP contribution in [0.25, 0.3) is 10.9 Å². The van der Waals surface area contributed by atoms with Crippen molar-refractivity contribution in [3.63, 3.8) is 0 Å². The summed E-state index contributed by atoms with van der Waals surface area (Å²) in [7, 11) is 0. The number of amides is 1. The predicted molar refractivity (Wildman–Crippen MR) is 160 cm³/mol. The Morgan fingerprint density at radius 3 is 2.39 bits per heavy atom. The summed E-state index contributed by atoms with van der Waals surface area (Å²) < 4.78 is 86.9. The Kier molecular flexibility index (Phi) is 10.2. The molecule has 0 aliphatic carbocycles. The molecule has 2 saturated heterocycles. The fourth-order valence-electron chi connectivity index (χ4n) is 5.86. The fourth-order valence-corrected chi connectivity index (χ4v) is 5.86. The summed E-state index contributed by atoms with van der Waals surface area (Å²) >= 11 is 0. The quantitative estimate of drug-likeness (QED) is 0.178. The van der Waals surface area contributed by atoms with Crippen LogP contribution in [-0.4, -0.2) is 90.7 Å². The molecule has 2 fully saturated rings. The van der Waals surface area contributed by atoms with E-state index in [9.17, 15) is 31.1 Å². The van der Waals surface area contributed by atoms with Crippen LogP contribution >= 0.6 is 0 Å². The number of rotatable bonds is 9. The zero-order valence-corrected chi connectivity index (χ0v) is 25.6. The second kappa shape index (κ2) is 13.9. The van der Waals surface area contributed by atoms with Crippen LogP contribution in [0.3, 0.4) is 0 Å². The van der Waals surface area contributed by atoms with Crippen molar-refractivity contribution in [2.24, 2.45) is 0 Å². The first-order valence-electron chi connectivity index (χ1n) is 15.1. The molecule has 3 aromatic rings. The number of piperazine rings is 1. The fraction of sp³-hybridized carbons (Fsp3) is 0.469. The number of aromatic nitrogens is 1. The van der Waals surface area contributed by atoms with Crippen molar-refractivity contribution in [1.82, 2.24) is 25.2 Å². The summed E-state index contributed by atoms with van der Waals surface area (Å²) in [4.78, 5) is 28.2. The number of hydrogen-bond acceptors (Lipinski definition) is 6. The summed E-state index contributed by atoms with van der Waals surface area (Å²) in [5.74, 6) is -0.887. The molecule has 2 aliphatic rings. The SMILES string of the molecule is CC(=CN1CCN(C(=O)c2cc(C(F)(F)F)cc(C(F)(F)F)c2)C(Cc2c[nH]c3ccc(C)cc23)C1)NOCCN1CCOCC1. The maximum Gasteiger partial charge on any atom is 0.416 e. The van der Waals surface area contributed by atoms with E-state index in [0.29, 0.717) is 57.2 Å². The summed E-state index contributed by atoms with van der Waals surface area (Å²) in [5, 5.41) is 0.935. The minimum absolute atomic E-state index is 0.0318. The number of carbonyl (C=O) groups is 1. The number of carbonyl (C=O) groups excluding carboxylic acids is 1. The number of aromatic amines is 1. The Morgan fingerprint density at radius 1 is 1.02 bits per heavy atom. The van der Waals surface area contributed by atoms with E-state index < -0.39 is 41.0 Å². The molecular formula is C32H37F6N5O3. The van der Waals surface area contributed by atoms with E-state index in [0.717, 1.165) is 41.7 Å². The van der Waals surface area contributed by atoms with Gasteiger partial charge < -0.3 is 19.5 Å². The van der Waals surface area contributed by atoms with Gasteiger partial charge in [-0.15, -0.1) is 0 Å². The van der Waals surface area contributed by atoms with Gasteiger partial charge in [0.15, 0.2) is 0 Å². The van der Waals surface area contributed by atoms with Crippen LogP contribution in [0, 0.1) is 6.92 Å². The van der Waals surface area contributed by atoms with Gasteiger partial charge in [-0.25, -0.2) is 0 Å². The molecule has 0 bridgehead atoms. The zero-order valence-electron chi connectivity index (χ0n) is 25.6. The number of benzene rings is 2. The Balaban J connectivity index is 1.36. The molecule has 1 atom stereocenters. The summed E-state index contributed by atoms with van der Waals surface area (Å²) in [6.07, 6.45) is -6.13. The van der Waals surface area contributed by atoms with Crippen LogP contribution in [-0.2, 0) is 28.3 Å². The lowest BCUT2D eigenvalue weighted by Gasteiger charge is -2.41. The monoisotopic (exact) mass is 653 g/mol. The highest BCUT2D eigenvalue weighted by Gasteiger charge is 2.39. The molecule has 8 nitrogen and oxygen atoms in total. The van der Waals surface area contributed by atoms with Gasteiger partial charge >= 0.3 is 12.4 Å². The summed E-state index contributed by atoms with van der Waals surface area (Å²) in [6, 6.07) is 6.36. The second-order valence-electron chi connectivity index (χ2n) is 11.7. The summed E-state index contributed by atoms with van der Waals surface area (Å²) in [5.41, 5.74) is 2.72. The molecule has 5 rings (SSSR count). The standard InChI is InChI=1S/C32H37F6N5O3/c1-21-3-4-29-28(13-21)24(18-39-29)16-27-20-42(19-22(2)40-46-12-9-41-7-10-45-11-8-41)5-6-43(27)30(44)23-14-25(31(33,34)35)17-26(15-23)32(36,37)38/h3-4,13-15,17-19,27,39-40H,5-12,16,20H2,1-2H3. The Bertz CT molecular complexity index is 1510. The van der Waals surface area contributed by atoms with Crippen molar-refractivity contribution in [3.8, 4) is 0 Å². The van der Waals surface area contributed by atoms with Crippen molar-refractivity contribution >= 4 is 16.8 Å². The van der Waals surface area contributed by atoms with Crippen LogP contribution in [0.4, 0.5) is 26.3 Å². The van der Waals surface area contributed by atoms with Crippen molar-refractivity contribution in [2.45, 2.75) is 38.7 Å².